The monoisotopic (exact) mass is 444 g/mol. The van der Waals surface area contributed by atoms with Crippen LogP contribution in [0.1, 0.15) is 30.0 Å². The number of nitrogens with zero attached hydrogens (tertiary/aromatic N) is 3. The summed E-state index contributed by atoms with van der Waals surface area (Å²) in [5.41, 5.74) is 2.15. The molecule has 0 bridgehead atoms. The number of nitrogens with one attached hydrogen (secondary N) is 1. The molecule has 158 valence electrons. The van der Waals surface area contributed by atoms with Crippen LogP contribution in [0, 0.1) is 6.92 Å². The van der Waals surface area contributed by atoms with E-state index in [0.717, 1.165) is 17.7 Å². The number of benzene rings is 2. The van der Waals surface area contributed by atoms with Crippen molar-refractivity contribution in [2.45, 2.75) is 31.5 Å². The van der Waals surface area contributed by atoms with Crippen LogP contribution in [0.4, 0.5) is 0 Å². The highest BCUT2D eigenvalue weighted by Crippen LogP contribution is 2.26. The van der Waals surface area contributed by atoms with Gasteiger partial charge in [0.05, 0.1) is 5.75 Å². The fourth-order valence-corrected chi connectivity index (χ4v) is 3.79. The Morgan fingerprint density at radius 2 is 2.00 bits per heavy atom. The van der Waals surface area contributed by atoms with Gasteiger partial charge in [-0.3, -0.25) is 4.79 Å². The van der Waals surface area contributed by atoms with Crippen LogP contribution in [0.5, 0.6) is 5.75 Å². The number of amides is 1. The topological polar surface area (TPSA) is 69.0 Å². The quantitative estimate of drug-likeness (QED) is 0.496. The van der Waals surface area contributed by atoms with E-state index < -0.39 is 0 Å². The number of rotatable bonds is 9. The Bertz CT molecular complexity index is 994. The lowest BCUT2D eigenvalue weighted by atomic mass is 10.1. The summed E-state index contributed by atoms with van der Waals surface area (Å²) in [6.45, 7) is 4.46. The number of aromatic nitrogens is 3. The zero-order valence-corrected chi connectivity index (χ0v) is 18.8. The predicted molar refractivity (Wildman–Crippen MR) is 120 cm³/mol. The largest absolute Gasteiger partial charge is 0.483 e. The van der Waals surface area contributed by atoms with Crippen molar-refractivity contribution in [3.8, 4) is 5.75 Å². The molecule has 1 atom stereocenters. The molecule has 0 aliphatic carbocycles. The molecule has 3 rings (SSSR count). The summed E-state index contributed by atoms with van der Waals surface area (Å²) in [4.78, 5) is 12.1. The maximum atomic E-state index is 12.1. The van der Waals surface area contributed by atoms with E-state index in [1.807, 2.05) is 61.9 Å². The highest BCUT2D eigenvalue weighted by molar-refractivity contribution is 7.99. The fraction of sp³-hybridized carbons (Fsp3) is 0.318. The maximum Gasteiger partial charge on any atom is 0.230 e. The van der Waals surface area contributed by atoms with Crippen molar-refractivity contribution in [3.63, 3.8) is 0 Å². The Kier molecular flexibility index (Phi) is 7.76. The molecular weight excluding hydrogens is 420 g/mol. The first kappa shape index (κ1) is 22.2. The molecule has 6 nitrogen and oxygen atoms in total. The van der Waals surface area contributed by atoms with Crippen molar-refractivity contribution in [1.82, 2.24) is 20.1 Å². The number of hydrogen-bond donors (Lipinski definition) is 1. The summed E-state index contributed by atoms with van der Waals surface area (Å²) < 4.78 is 7.84. The Hall–Kier alpha value is -2.51. The van der Waals surface area contributed by atoms with E-state index >= 15 is 0 Å². The molecule has 8 heteroatoms. The minimum absolute atomic E-state index is 0.0265. The van der Waals surface area contributed by atoms with Gasteiger partial charge in [0, 0.05) is 18.6 Å². The van der Waals surface area contributed by atoms with E-state index in [-0.39, 0.29) is 17.8 Å². The number of carbonyl (C=O) groups is 1. The summed E-state index contributed by atoms with van der Waals surface area (Å²) in [7, 11) is 1.87. The van der Waals surface area contributed by atoms with Crippen LogP contribution in [-0.2, 0) is 18.3 Å². The molecule has 0 spiro atoms. The van der Waals surface area contributed by atoms with E-state index in [1.54, 1.807) is 0 Å². The second-order valence-electron chi connectivity index (χ2n) is 6.95. The van der Waals surface area contributed by atoms with Crippen LogP contribution in [0.3, 0.4) is 0 Å². The van der Waals surface area contributed by atoms with E-state index in [0.29, 0.717) is 22.5 Å². The van der Waals surface area contributed by atoms with Gasteiger partial charge < -0.3 is 14.6 Å². The molecule has 2 aromatic carbocycles. The first-order valence-corrected chi connectivity index (χ1v) is 11.1. The molecule has 0 saturated carbocycles. The number of aryl methyl sites for hydroxylation is 1. The van der Waals surface area contributed by atoms with Gasteiger partial charge in [-0.15, -0.1) is 10.2 Å². The standard InChI is InChI=1S/C22H25ClN4O2S/c1-15-13-18(9-10-19(15)23)29-16(2)21-25-26-22(27(21)3)30-14-20(28)24-12-11-17-7-5-4-6-8-17/h4-10,13,16H,11-12,14H2,1-3H3,(H,24,28). The van der Waals surface area contributed by atoms with Gasteiger partial charge in [0.25, 0.3) is 0 Å². The van der Waals surface area contributed by atoms with Crippen molar-refractivity contribution in [2.75, 3.05) is 12.3 Å². The van der Waals surface area contributed by atoms with E-state index in [2.05, 4.69) is 27.6 Å². The Balaban J connectivity index is 1.49. The van der Waals surface area contributed by atoms with Crippen LogP contribution in [0.2, 0.25) is 5.02 Å². The van der Waals surface area contributed by atoms with Crippen molar-refractivity contribution >= 4 is 29.3 Å². The molecule has 30 heavy (non-hydrogen) atoms. The van der Waals surface area contributed by atoms with Gasteiger partial charge in [-0.2, -0.15) is 0 Å². The van der Waals surface area contributed by atoms with Crippen LogP contribution >= 0.6 is 23.4 Å². The number of hydrogen-bond acceptors (Lipinski definition) is 5. The Labute approximate surface area is 186 Å². The smallest absolute Gasteiger partial charge is 0.230 e. The molecule has 0 aliphatic rings. The van der Waals surface area contributed by atoms with Gasteiger partial charge in [-0.1, -0.05) is 53.7 Å². The third kappa shape index (κ3) is 6.00. The van der Waals surface area contributed by atoms with Gasteiger partial charge in [0.2, 0.25) is 5.91 Å². The van der Waals surface area contributed by atoms with Crippen LogP contribution in [0.15, 0.2) is 53.7 Å². The van der Waals surface area contributed by atoms with Crippen LogP contribution in [0.25, 0.3) is 0 Å². The normalized spacial score (nSPS) is 11.9. The van der Waals surface area contributed by atoms with Crippen molar-refractivity contribution < 1.29 is 9.53 Å². The Morgan fingerprint density at radius 1 is 1.23 bits per heavy atom. The average Bonchev–Trinajstić information content (AvgIpc) is 3.10. The summed E-state index contributed by atoms with van der Waals surface area (Å²) >= 11 is 7.42. The minimum atomic E-state index is -0.294. The molecule has 1 amide bonds. The third-order valence-electron chi connectivity index (χ3n) is 4.59. The Morgan fingerprint density at radius 3 is 2.73 bits per heavy atom. The van der Waals surface area contributed by atoms with E-state index in [4.69, 9.17) is 16.3 Å². The molecule has 1 N–H and O–H groups in total. The summed E-state index contributed by atoms with van der Waals surface area (Å²) in [5, 5.41) is 12.8. The van der Waals surface area contributed by atoms with E-state index in [9.17, 15) is 4.79 Å². The second-order valence-corrected chi connectivity index (χ2v) is 8.29. The molecule has 0 aliphatic heterocycles. The van der Waals surface area contributed by atoms with Gasteiger partial charge in [-0.25, -0.2) is 0 Å². The van der Waals surface area contributed by atoms with Crippen LogP contribution < -0.4 is 10.1 Å². The molecular formula is C22H25ClN4O2S. The molecule has 3 aromatic rings. The number of halogens is 1. The highest BCUT2D eigenvalue weighted by Gasteiger charge is 2.18. The summed E-state index contributed by atoms with van der Waals surface area (Å²) in [5.74, 6) is 1.67. The van der Waals surface area contributed by atoms with Gasteiger partial charge in [-0.05, 0) is 49.6 Å². The number of thioether (sulfide) groups is 1. The van der Waals surface area contributed by atoms with Crippen molar-refractivity contribution in [2.24, 2.45) is 7.05 Å². The lowest BCUT2D eigenvalue weighted by molar-refractivity contribution is -0.118. The summed E-state index contributed by atoms with van der Waals surface area (Å²) in [6, 6.07) is 15.6. The first-order chi connectivity index (χ1) is 14.4. The van der Waals surface area contributed by atoms with Crippen molar-refractivity contribution in [1.29, 1.82) is 0 Å². The molecule has 0 fully saturated rings. The SMILES string of the molecule is Cc1cc(OC(C)c2nnc(SCC(=O)NCCc3ccccc3)n2C)ccc1Cl. The third-order valence-corrected chi connectivity index (χ3v) is 6.03. The van der Waals surface area contributed by atoms with Gasteiger partial charge in [0.1, 0.15) is 5.75 Å². The second kappa shape index (κ2) is 10.5. The highest BCUT2D eigenvalue weighted by atomic mass is 35.5. The van der Waals surface area contributed by atoms with Gasteiger partial charge >= 0.3 is 0 Å². The predicted octanol–water partition coefficient (Wildman–Crippen LogP) is 4.37. The maximum absolute atomic E-state index is 12.1. The molecule has 0 radical (unpaired) electrons. The molecule has 0 saturated heterocycles. The van der Waals surface area contributed by atoms with Gasteiger partial charge in [0.15, 0.2) is 17.1 Å². The lowest BCUT2D eigenvalue weighted by Crippen LogP contribution is -2.27. The minimum Gasteiger partial charge on any atom is -0.483 e. The molecule has 1 unspecified atom stereocenters. The first-order valence-electron chi connectivity index (χ1n) is 9.69. The van der Waals surface area contributed by atoms with E-state index in [1.165, 1.54) is 17.3 Å². The summed E-state index contributed by atoms with van der Waals surface area (Å²) in [6.07, 6.45) is 0.516. The number of ether oxygens (including phenoxy) is 1. The van der Waals surface area contributed by atoms with Crippen molar-refractivity contribution in [3.05, 3.63) is 70.5 Å². The van der Waals surface area contributed by atoms with Crippen LogP contribution in [-0.4, -0.2) is 33.0 Å². The lowest BCUT2D eigenvalue weighted by Gasteiger charge is -2.15. The fourth-order valence-electron chi connectivity index (χ4n) is 2.93. The molecule has 1 heterocycles. The number of carbonyl (C=O) groups excluding carboxylic acids is 1. The molecule has 1 aromatic heterocycles. The zero-order chi connectivity index (χ0) is 21.5. The average molecular weight is 445 g/mol. The zero-order valence-electron chi connectivity index (χ0n) is 17.3.